The van der Waals surface area contributed by atoms with Crippen molar-refractivity contribution in [1.82, 2.24) is 15.5 Å². The number of nitrogens with one attached hydrogen (secondary N) is 2. The van der Waals surface area contributed by atoms with Gasteiger partial charge in [0.2, 0.25) is 0 Å². The zero-order valence-electron chi connectivity index (χ0n) is 19.0. The Morgan fingerprint density at radius 2 is 1.70 bits per heavy atom. The summed E-state index contributed by atoms with van der Waals surface area (Å²) in [5.74, 6) is 0.417. The molecule has 7 heteroatoms. The molecule has 33 heavy (non-hydrogen) atoms. The Morgan fingerprint density at radius 3 is 2.36 bits per heavy atom. The highest BCUT2D eigenvalue weighted by molar-refractivity contribution is 9.10. The second kappa shape index (κ2) is 11.6. The fourth-order valence-electron chi connectivity index (χ4n) is 3.09. The molecule has 0 bridgehead atoms. The lowest BCUT2D eigenvalue weighted by atomic mass is 10.1. The van der Waals surface area contributed by atoms with E-state index in [-0.39, 0.29) is 17.5 Å². The molecule has 0 atom stereocenters. The van der Waals surface area contributed by atoms with E-state index in [4.69, 9.17) is 4.42 Å². The maximum Gasteiger partial charge on any atom is 0.267 e. The van der Waals surface area contributed by atoms with Crippen LogP contribution in [0.5, 0.6) is 0 Å². The lowest BCUT2D eigenvalue weighted by Crippen LogP contribution is -2.36. The number of hydrogen-bond acceptors (Lipinski definition) is 4. The normalized spacial score (nSPS) is 11.5. The van der Waals surface area contributed by atoms with Crippen LogP contribution in [0.15, 0.2) is 75.3 Å². The van der Waals surface area contributed by atoms with Gasteiger partial charge >= 0.3 is 0 Å². The summed E-state index contributed by atoms with van der Waals surface area (Å²) in [4.78, 5) is 27.7. The third kappa shape index (κ3) is 7.44. The van der Waals surface area contributed by atoms with Gasteiger partial charge in [0.05, 0.1) is 0 Å². The van der Waals surface area contributed by atoms with Gasteiger partial charge in [-0.1, -0.05) is 45.8 Å². The molecular weight excluding hydrogens is 482 g/mol. The van der Waals surface area contributed by atoms with E-state index in [9.17, 15) is 9.59 Å². The molecule has 172 valence electrons. The van der Waals surface area contributed by atoms with Gasteiger partial charge in [0, 0.05) is 28.2 Å². The van der Waals surface area contributed by atoms with Crippen molar-refractivity contribution in [3.8, 4) is 11.3 Å². The van der Waals surface area contributed by atoms with Crippen molar-refractivity contribution in [3.63, 3.8) is 0 Å². The molecule has 2 aromatic carbocycles. The second-order valence-electron chi connectivity index (χ2n) is 8.00. The number of rotatable bonds is 9. The molecule has 2 N–H and O–H groups in total. The largest absolute Gasteiger partial charge is 0.457 e. The van der Waals surface area contributed by atoms with Gasteiger partial charge in [-0.3, -0.25) is 9.59 Å². The molecule has 1 aromatic heterocycles. The standard InChI is InChI=1S/C26H28BrN3O3/c1-18-5-7-20(8-6-18)25(31)29-23(26(32)28-15-4-16-30(2)3)17-22-13-14-24(33-22)19-9-11-21(27)12-10-19/h5-14,17H,4,15-16H2,1-3H3,(H,28,32)(H,29,31)/b23-17+. The molecule has 0 aliphatic carbocycles. The van der Waals surface area contributed by atoms with Gasteiger partial charge < -0.3 is 20.0 Å². The van der Waals surface area contributed by atoms with Crippen molar-refractivity contribution < 1.29 is 14.0 Å². The molecule has 1 heterocycles. The van der Waals surface area contributed by atoms with Crippen LogP contribution in [-0.2, 0) is 4.79 Å². The Morgan fingerprint density at radius 1 is 1.00 bits per heavy atom. The molecule has 0 saturated heterocycles. The Balaban J connectivity index is 1.80. The number of nitrogens with zero attached hydrogens (tertiary/aromatic N) is 1. The van der Waals surface area contributed by atoms with Gasteiger partial charge in [0.1, 0.15) is 17.2 Å². The number of hydrogen-bond donors (Lipinski definition) is 2. The van der Waals surface area contributed by atoms with Crippen molar-refractivity contribution in [1.29, 1.82) is 0 Å². The molecule has 3 aromatic rings. The molecule has 0 radical (unpaired) electrons. The molecule has 3 rings (SSSR count). The summed E-state index contributed by atoms with van der Waals surface area (Å²) < 4.78 is 6.90. The highest BCUT2D eigenvalue weighted by atomic mass is 79.9. The van der Waals surface area contributed by atoms with Crippen LogP contribution < -0.4 is 10.6 Å². The minimum absolute atomic E-state index is 0.127. The highest BCUT2D eigenvalue weighted by Gasteiger charge is 2.16. The summed E-state index contributed by atoms with van der Waals surface area (Å²) in [7, 11) is 3.96. The van der Waals surface area contributed by atoms with E-state index in [0.717, 1.165) is 28.6 Å². The van der Waals surface area contributed by atoms with E-state index in [1.165, 1.54) is 0 Å². The van der Waals surface area contributed by atoms with E-state index < -0.39 is 0 Å². The van der Waals surface area contributed by atoms with Crippen molar-refractivity contribution in [2.24, 2.45) is 0 Å². The third-order valence-electron chi connectivity index (χ3n) is 4.92. The predicted octanol–water partition coefficient (Wildman–Crippen LogP) is 4.86. The Labute approximate surface area is 202 Å². The minimum atomic E-state index is -0.365. The molecule has 0 unspecified atom stereocenters. The fourth-order valence-corrected chi connectivity index (χ4v) is 3.36. The zero-order chi connectivity index (χ0) is 23.8. The third-order valence-corrected chi connectivity index (χ3v) is 5.45. The Hall–Kier alpha value is -3.16. The van der Waals surface area contributed by atoms with Crippen LogP contribution in [0.4, 0.5) is 0 Å². The topological polar surface area (TPSA) is 74.6 Å². The van der Waals surface area contributed by atoms with Gasteiger partial charge in [0.25, 0.3) is 11.8 Å². The van der Waals surface area contributed by atoms with Crippen LogP contribution in [0.1, 0.15) is 28.1 Å². The highest BCUT2D eigenvalue weighted by Crippen LogP contribution is 2.25. The first-order valence-electron chi connectivity index (χ1n) is 10.7. The van der Waals surface area contributed by atoms with Crippen LogP contribution in [0.2, 0.25) is 0 Å². The van der Waals surface area contributed by atoms with Gasteiger partial charge in [-0.2, -0.15) is 0 Å². The van der Waals surface area contributed by atoms with E-state index >= 15 is 0 Å². The number of carbonyl (C=O) groups is 2. The summed E-state index contributed by atoms with van der Waals surface area (Å²) >= 11 is 3.42. The average Bonchev–Trinajstić information content (AvgIpc) is 3.25. The first kappa shape index (κ1) is 24.5. The molecular formula is C26H28BrN3O3. The number of benzene rings is 2. The zero-order valence-corrected chi connectivity index (χ0v) is 20.6. The van der Waals surface area contributed by atoms with Crippen molar-refractivity contribution in [2.75, 3.05) is 27.2 Å². The van der Waals surface area contributed by atoms with Crippen LogP contribution in [0.3, 0.4) is 0 Å². The van der Waals surface area contributed by atoms with Crippen molar-refractivity contribution in [2.45, 2.75) is 13.3 Å². The lowest BCUT2D eigenvalue weighted by Gasteiger charge is -2.12. The number of aryl methyl sites for hydroxylation is 1. The quantitative estimate of drug-likeness (QED) is 0.319. The lowest BCUT2D eigenvalue weighted by molar-refractivity contribution is -0.117. The summed E-state index contributed by atoms with van der Waals surface area (Å²) in [6.07, 6.45) is 2.35. The molecule has 6 nitrogen and oxygen atoms in total. The number of furan rings is 1. The van der Waals surface area contributed by atoms with Crippen LogP contribution in [0, 0.1) is 6.92 Å². The van der Waals surface area contributed by atoms with Crippen molar-refractivity contribution in [3.05, 3.63) is 87.7 Å². The first-order chi connectivity index (χ1) is 15.8. The average molecular weight is 510 g/mol. The Kier molecular flexibility index (Phi) is 8.63. The SMILES string of the molecule is Cc1ccc(C(=O)N/C(=C/c2ccc(-c3ccc(Br)cc3)o2)C(=O)NCCCN(C)C)cc1. The van der Waals surface area contributed by atoms with Crippen molar-refractivity contribution >= 4 is 33.8 Å². The molecule has 0 spiro atoms. The molecule has 0 fully saturated rings. The molecule has 0 saturated carbocycles. The van der Waals surface area contributed by atoms with E-state index in [2.05, 4.69) is 31.5 Å². The second-order valence-corrected chi connectivity index (χ2v) is 8.92. The van der Waals surface area contributed by atoms with Crippen LogP contribution >= 0.6 is 15.9 Å². The monoisotopic (exact) mass is 509 g/mol. The maximum absolute atomic E-state index is 12.9. The van der Waals surface area contributed by atoms with Gasteiger partial charge in [-0.15, -0.1) is 0 Å². The Bertz CT molecular complexity index is 1120. The number of amides is 2. The van der Waals surface area contributed by atoms with E-state index in [1.807, 2.05) is 63.5 Å². The summed E-state index contributed by atoms with van der Waals surface area (Å²) in [6, 6.07) is 18.5. The maximum atomic E-state index is 12.9. The summed E-state index contributed by atoms with van der Waals surface area (Å²) in [6.45, 7) is 3.30. The summed E-state index contributed by atoms with van der Waals surface area (Å²) in [5.41, 5.74) is 2.57. The predicted molar refractivity (Wildman–Crippen MR) is 135 cm³/mol. The smallest absolute Gasteiger partial charge is 0.267 e. The first-order valence-corrected chi connectivity index (χ1v) is 11.5. The minimum Gasteiger partial charge on any atom is -0.457 e. The number of halogens is 1. The van der Waals surface area contributed by atoms with Gasteiger partial charge in [0.15, 0.2) is 0 Å². The van der Waals surface area contributed by atoms with Gasteiger partial charge in [-0.05, 0) is 70.4 Å². The molecule has 2 amide bonds. The fraction of sp³-hybridized carbons (Fsp3) is 0.231. The summed E-state index contributed by atoms with van der Waals surface area (Å²) in [5, 5.41) is 5.61. The van der Waals surface area contributed by atoms with E-state index in [1.54, 1.807) is 24.3 Å². The van der Waals surface area contributed by atoms with Crippen LogP contribution in [-0.4, -0.2) is 43.9 Å². The van der Waals surface area contributed by atoms with Crippen LogP contribution in [0.25, 0.3) is 17.4 Å². The van der Waals surface area contributed by atoms with E-state index in [0.29, 0.717) is 23.6 Å². The molecule has 0 aliphatic heterocycles. The van der Waals surface area contributed by atoms with Gasteiger partial charge in [-0.25, -0.2) is 0 Å². The molecule has 0 aliphatic rings. The number of carbonyl (C=O) groups excluding carboxylic acids is 2.